The molecular weight excluding hydrogens is 968 g/mol. The van der Waals surface area contributed by atoms with E-state index in [1.54, 1.807) is 0 Å². The van der Waals surface area contributed by atoms with Gasteiger partial charge < -0.3 is 62.8 Å². The zero-order chi connectivity index (χ0) is 37.9. The monoisotopic (exact) mass is 1020 g/mol. The molecule has 0 N–H and O–H groups in total. The van der Waals surface area contributed by atoms with Crippen molar-refractivity contribution in [3.8, 4) is 0 Å². The van der Waals surface area contributed by atoms with Crippen molar-refractivity contribution >= 4 is 79.8 Å². The molecule has 2 rings (SSSR count). The summed E-state index contributed by atoms with van der Waals surface area (Å²) in [4.78, 5) is 94.8. The van der Waals surface area contributed by atoms with Crippen LogP contribution in [0.1, 0.15) is 65.2 Å². The van der Waals surface area contributed by atoms with Crippen LogP contribution in [0.4, 0.5) is 0 Å². The summed E-state index contributed by atoms with van der Waals surface area (Å²) < 4.78 is 0. The number of carbonyl (C=O) groups excluding carboxylic acids is 12. The summed E-state index contributed by atoms with van der Waals surface area (Å²) in [6, 6.07) is 0. The second-order valence-corrected chi connectivity index (χ2v) is 5.97. The maximum atomic E-state index is 8.62. The van der Waals surface area contributed by atoms with Gasteiger partial charge in [0.25, 0.3) is 0 Å². The molecule has 0 saturated carbocycles. The normalized spacial score (nSPS) is 14.5. The molecule has 12 nitrogen and oxygen atoms in total. The fourth-order valence-corrected chi connectivity index (χ4v) is 2.50. The van der Waals surface area contributed by atoms with Gasteiger partial charge in [0.1, 0.15) is 0 Å². The molecule has 0 saturated heterocycles. The summed E-state index contributed by atoms with van der Waals surface area (Å²) in [5.74, 6) is 3.35. The predicted octanol–water partition coefficient (Wildman–Crippen LogP) is 3.98. The van der Waals surface area contributed by atoms with E-state index in [1.165, 1.54) is 51.4 Å². The van der Waals surface area contributed by atoms with Crippen LogP contribution in [0, 0.1) is 26.7 Å². The van der Waals surface area contributed by atoms with Crippen molar-refractivity contribution in [2.75, 3.05) is 0 Å². The van der Waals surface area contributed by atoms with E-state index in [2.05, 4.69) is 130 Å². The van der Waals surface area contributed by atoms with Crippen LogP contribution in [0.25, 0.3) is 0 Å². The van der Waals surface area contributed by atoms with E-state index in [9.17, 15) is 0 Å². The molecule has 0 radical (unpaired) electrons. The second kappa shape index (κ2) is 189. The predicted molar refractivity (Wildman–Crippen MR) is 184 cm³/mol. The molecule has 2 atom stereocenters. The molecule has 14 heteroatoms. The molecule has 0 aliphatic heterocycles. The first-order valence-electron chi connectivity index (χ1n) is 11.5. The molecule has 0 aromatic heterocycles. The van der Waals surface area contributed by atoms with E-state index in [0.717, 1.165) is 23.7 Å². The van der Waals surface area contributed by atoms with Crippen LogP contribution >= 0.6 is 0 Å². The van der Waals surface area contributed by atoms with E-state index in [4.69, 9.17) is 57.5 Å². The fourth-order valence-electron chi connectivity index (χ4n) is 2.50. The van der Waals surface area contributed by atoms with E-state index in [1.807, 2.05) is 0 Å². The Bertz CT molecular complexity index is 577. The zero-order valence-corrected chi connectivity index (χ0v) is 33.8. The Labute approximate surface area is 318 Å². The summed E-state index contributed by atoms with van der Waals surface area (Å²) >= 11 is 0. The van der Waals surface area contributed by atoms with Gasteiger partial charge in [-0.3, -0.25) is 67.9 Å². The fraction of sp³-hybridized carbons (Fsp3) is 0.353. The molecular formula is C34H48O12W2-12. The molecule has 0 amide bonds. The van der Waals surface area contributed by atoms with Crippen molar-refractivity contribution in [1.29, 1.82) is 0 Å². The van der Waals surface area contributed by atoms with Gasteiger partial charge in [0, 0.05) is 42.1 Å². The third-order valence-electron chi connectivity index (χ3n) is 4.12. The first-order chi connectivity index (χ1) is 21.8. The van der Waals surface area contributed by atoms with Crippen LogP contribution in [0.2, 0.25) is 0 Å². The molecule has 2 aliphatic carbocycles. The van der Waals surface area contributed by atoms with E-state index in [0.29, 0.717) is 0 Å². The maximum Gasteiger partial charge on any atom is 0.221 e. The molecule has 0 aromatic carbocycles. The summed E-state index contributed by atoms with van der Waals surface area (Å²) in [5.41, 5.74) is 0. The van der Waals surface area contributed by atoms with Gasteiger partial charge in [-0.05, 0) is 63.2 Å². The van der Waals surface area contributed by atoms with Crippen molar-refractivity contribution in [2.24, 2.45) is 11.8 Å². The Hall–Kier alpha value is -3.80. The van der Waals surface area contributed by atoms with Crippen LogP contribution in [-0.4, -0.2) is 79.8 Å². The van der Waals surface area contributed by atoms with Gasteiger partial charge in [-0.25, -0.2) is 9.59 Å². The first-order valence-corrected chi connectivity index (χ1v) is 11.5. The van der Waals surface area contributed by atoms with Crippen LogP contribution in [0.3, 0.4) is 0 Å². The van der Waals surface area contributed by atoms with Crippen LogP contribution in [0.5, 0.6) is 0 Å². The molecule has 0 spiro atoms. The minimum absolute atomic E-state index is 0. The minimum atomic E-state index is 0. The van der Waals surface area contributed by atoms with Gasteiger partial charge in [-0.15, -0.1) is 0 Å². The molecule has 0 heterocycles. The number of hydrogen-bond acceptors (Lipinski definition) is 12. The summed E-state index contributed by atoms with van der Waals surface area (Å²) in [5, 5.41) is 0. The Balaban J connectivity index is -0.0000000206. The van der Waals surface area contributed by atoms with Gasteiger partial charge in [-0.1, -0.05) is 62.5 Å². The molecule has 0 fully saturated rings. The second-order valence-electron chi connectivity index (χ2n) is 5.97. The van der Waals surface area contributed by atoms with Crippen LogP contribution in [0.15, 0.2) is 48.6 Å². The van der Waals surface area contributed by atoms with Crippen molar-refractivity contribution in [1.82, 2.24) is 0 Å². The van der Waals surface area contributed by atoms with Crippen molar-refractivity contribution in [2.45, 2.75) is 65.2 Å². The summed E-state index contributed by atoms with van der Waals surface area (Å²) in [6.45, 7) is 37.0. The zero-order valence-electron chi connectivity index (χ0n) is 27.9. The van der Waals surface area contributed by atoms with Crippen LogP contribution < -0.4 is 0 Å². The molecule has 0 aromatic rings. The Kier molecular flexibility index (Phi) is 380. The molecule has 280 valence electrons. The van der Waals surface area contributed by atoms with Crippen molar-refractivity contribution < 1.29 is 99.7 Å². The minimum Gasteiger partial charge on any atom is -0.545 e. The topological polar surface area (TPSA) is 205 Å². The number of allylic oxidation sites excluding steroid dienone is 8. The standard InChI is InChI=1S/2C10H16.C2O2.10CHO.2CH3.2W/c2*1-2-10-8-6-4-3-5-7-9-10;3-1-2-4;10*1-2;;;;/h2*4,6-7,9-10H,2-3,5,8H2,1H3;;10*1H;2*1H3;;/q;;;12*-1;;/b2*6-4-,9-7-;;;;;;;;;;;;;;;. The molecule has 2 aliphatic rings. The third-order valence-corrected chi connectivity index (χ3v) is 4.12. The molecule has 2 unspecified atom stereocenters. The number of hydrogen-bond donors (Lipinski definition) is 0. The van der Waals surface area contributed by atoms with Crippen LogP contribution in [-0.2, 0) is 99.7 Å². The first kappa shape index (κ1) is 96.7. The summed E-state index contributed by atoms with van der Waals surface area (Å²) in [6.07, 6.45) is 28.6. The van der Waals surface area contributed by atoms with Gasteiger partial charge >= 0.3 is 0 Å². The third kappa shape index (κ3) is 159. The Morgan fingerprint density at radius 1 is 0.417 bits per heavy atom. The van der Waals surface area contributed by atoms with Gasteiger partial charge in [0.2, 0.25) is 11.9 Å². The maximum absolute atomic E-state index is 8.62. The Morgan fingerprint density at radius 2 is 0.604 bits per heavy atom. The van der Waals surface area contributed by atoms with Crippen molar-refractivity contribution in [3.63, 3.8) is 0 Å². The van der Waals surface area contributed by atoms with Gasteiger partial charge in [-0.2, -0.15) is 0 Å². The SMILES string of the molecule is CCC1/C=C\CC/C=C\C1.CCC1/C=C\CC/C=C\C1.O=C=C=O.[CH-]=O.[CH-]=O.[CH-]=O.[CH-]=O.[CH-]=O.[CH-]=O.[CH-]=O.[CH-]=O.[CH-]=O.[CH-]=O.[CH3-].[CH3-].[W].[W]. The van der Waals surface area contributed by atoms with Crippen molar-refractivity contribution in [3.05, 3.63) is 63.5 Å². The molecule has 0 bridgehead atoms. The van der Waals surface area contributed by atoms with E-state index >= 15 is 0 Å². The quantitative estimate of drug-likeness (QED) is 0.167. The largest absolute Gasteiger partial charge is 0.545 e. The van der Waals surface area contributed by atoms with Gasteiger partial charge in [0.05, 0.1) is 0 Å². The summed E-state index contributed by atoms with van der Waals surface area (Å²) in [7, 11) is 0. The Morgan fingerprint density at radius 3 is 0.771 bits per heavy atom. The average Bonchev–Trinajstić information content (AvgIpc) is 3.14. The average molecular weight is 1020 g/mol. The van der Waals surface area contributed by atoms with E-state index < -0.39 is 0 Å². The number of rotatable bonds is 2. The van der Waals surface area contributed by atoms with E-state index in [-0.39, 0.29) is 57.0 Å². The molecule has 48 heavy (non-hydrogen) atoms. The van der Waals surface area contributed by atoms with Gasteiger partial charge in [0.15, 0.2) is 0 Å². The smallest absolute Gasteiger partial charge is 0.221 e.